The summed E-state index contributed by atoms with van der Waals surface area (Å²) in [4.78, 5) is 30.7. The van der Waals surface area contributed by atoms with Crippen LogP contribution in [0, 0.1) is 12.8 Å². The van der Waals surface area contributed by atoms with Crippen LogP contribution in [0.1, 0.15) is 68.9 Å². The maximum absolute atomic E-state index is 13.1. The number of esters is 1. The van der Waals surface area contributed by atoms with Gasteiger partial charge in [-0.05, 0) is 57.9 Å². The van der Waals surface area contributed by atoms with Crippen molar-refractivity contribution in [3.8, 4) is 0 Å². The third-order valence-electron chi connectivity index (χ3n) is 6.14. The SMILES string of the molecule is CC1=C(C(=O)OC2CCCC2)[C@@H](c2ccc(C)cc2)C2C(=O)CCCC2=N1. The molecule has 1 heterocycles. The number of hydrogen-bond acceptors (Lipinski definition) is 4. The molecule has 2 fully saturated rings. The van der Waals surface area contributed by atoms with Gasteiger partial charge in [-0.2, -0.15) is 0 Å². The van der Waals surface area contributed by atoms with Gasteiger partial charge >= 0.3 is 5.97 Å². The third-order valence-corrected chi connectivity index (χ3v) is 6.14. The number of ether oxygens (including phenoxy) is 1. The fraction of sp³-hybridized carbons (Fsp3) is 0.522. The van der Waals surface area contributed by atoms with Crippen LogP contribution in [0.15, 0.2) is 40.5 Å². The molecule has 0 spiro atoms. The van der Waals surface area contributed by atoms with Crippen molar-refractivity contribution in [2.75, 3.05) is 0 Å². The summed E-state index contributed by atoms with van der Waals surface area (Å²) < 4.78 is 5.83. The minimum absolute atomic E-state index is 0.00361. The van der Waals surface area contributed by atoms with Crippen LogP contribution in [0.4, 0.5) is 0 Å². The van der Waals surface area contributed by atoms with Crippen LogP contribution in [-0.4, -0.2) is 23.6 Å². The van der Waals surface area contributed by atoms with Crippen molar-refractivity contribution in [1.82, 2.24) is 0 Å². The second-order valence-corrected chi connectivity index (χ2v) is 8.10. The summed E-state index contributed by atoms with van der Waals surface area (Å²) in [7, 11) is 0. The molecule has 1 aromatic rings. The van der Waals surface area contributed by atoms with Gasteiger partial charge in [0.2, 0.25) is 0 Å². The van der Waals surface area contributed by atoms with E-state index in [1.165, 1.54) is 0 Å². The molecule has 4 rings (SSSR count). The number of carbonyl (C=O) groups excluding carboxylic acids is 2. The Labute approximate surface area is 160 Å². The largest absolute Gasteiger partial charge is 0.459 e. The molecule has 0 N–H and O–H groups in total. The van der Waals surface area contributed by atoms with Crippen molar-refractivity contribution in [2.24, 2.45) is 10.9 Å². The molecule has 4 nitrogen and oxygen atoms in total. The van der Waals surface area contributed by atoms with Gasteiger partial charge in [-0.3, -0.25) is 9.79 Å². The van der Waals surface area contributed by atoms with Gasteiger partial charge in [-0.15, -0.1) is 0 Å². The second-order valence-electron chi connectivity index (χ2n) is 8.10. The summed E-state index contributed by atoms with van der Waals surface area (Å²) in [5.41, 5.74) is 4.39. The number of aliphatic imine (C=N–C) groups is 1. The van der Waals surface area contributed by atoms with Crippen LogP contribution in [0.5, 0.6) is 0 Å². The van der Waals surface area contributed by atoms with Crippen LogP contribution < -0.4 is 0 Å². The molecule has 142 valence electrons. The Morgan fingerprint density at radius 3 is 2.41 bits per heavy atom. The highest BCUT2D eigenvalue weighted by Crippen LogP contribution is 2.43. The second kappa shape index (κ2) is 7.41. The Bertz CT molecular complexity index is 813. The van der Waals surface area contributed by atoms with Gasteiger partial charge in [0.15, 0.2) is 0 Å². The summed E-state index contributed by atoms with van der Waals surface area (Å²) in [5.74, 6) is -0.688. The molecule has 1 unspecified atom stereocenters. The zero-order valence-corrected chi connectivity index (χ0v) is 16.2. The number of hydrogen-bond donors (Lipinski definition) is 0. The molecule has 1 aliphatic heterocycles. The lowest BCUT2D eigenvalue weighted by molar-refractivity contribution is -0.144. The number of benzene rings is 1. The van der Waals surface area contributed by atoms with E-state index in [1.54, 1.807) is 0 Å². The quantitative estimate of drug-likeness (QED) is 0.732. The Morgan fingerprint density at radius 1 is 1.00 bits per heavy atom. The summed E-state index contributed by atoms with van der Waals surface area (Å²) in [5, 5.41) is 0. The lowest BCUT2D eigenvalue weighted by atomic mass is 9.69. The number of aryl methyl sites for hydroxylation is 1. The van der Waals surface area contributed by atoms with E-state index in [4.69, 9.17) is 9.73 Å². The van der Waals surface area contributed by atoms with E-state index in [9.17, 15) is 9.59 Å². The van der Waals surface area contributed by atoms with Crippen LogP contribution >= 0.6 is 0 Å². The van der Waals surface area contributed by atoms with E-state index >= 15 is 0 Å². The standard InChI is InChI=1S/C23H27NO3/c1-14-10-12-16(13-11-14)21-20(23(26)27-17-6-3-4-7-17)15(2)24-18-8-5-9-19(25)22(18)21/h10-13,17,21-22H,3-9H2,1-2H3/t21-,22?/m1/s1. The zero-order chi connectivity index (χ0) is 19.0. The van der Waals surface area contributed by atoms with E-state index in [2.05, 4.69) is 0 Å². The number of nitrogens with zero attached hydrogens (tertiary/aromatic N) is 1. The van der Waals surface area contributed by atoms with Gasteiger partial charge in [-0.25, -0.2) is 4.79 Å². The monoisotopic (exact) mass is 365 g/mol. The predicted octanol–water partition coefficient (Wildman–Crippen LogP) is 4.66. The van der Waals surface area contributed by atoms with Gasteiger partial charge in [0, 0.05) is 23.7 Å². The molecule has 0 bridgehead atoms. The van der Waals surface area contributed by atoms with Crippen LogP contribution in [0.2, 0.25) is 0 Å². The smallest absolute Gasteiger partial charge is 0.336 e. The first-order valence-corrected chi connectivity index (χ1v) is 10.1. The molecule has 0 amide bonds. The maximum atomic E-state index is 13.1. The molecule has 4 heteroatoms. The van der Waals surface area contributed by atoms with Gasteiger partial charge in [0.05, 0.1) is 11.5 Å². The van der Waals surface area contributed by atoms with Crippen molar-refractivity contribution < 1.29 is 14.3 Å². The summed E-state index contributed by atoms with van der Waals surface area (Å²) >= 11 is 0. The minimum atomic E-state index is -0.323. The Kier molecular flexibility index (Phi) is 4.98. The topological polar surface area (TPSA) is 55.7 Å². The number of carbonyl (C=O) groups is 2. The number of rotatable bonds is 3. The molecule has 27 heavy (non-hydrogen) atoms. The van der Waals surface area contributed by atoms with Crippen molar-refractivity contribution in [2.45, 2.75) is 70.8 Å². The molecule has 2 aliphatic carbocycles. The van der Waals surface area contributed by atoms with E-state index in [0.717, 1.165) is 55.4 Å². The van der Waals surface area contributed by atoms with Gasteiger partial charge in [0.25, 0.3) is 0 Å². The minimum Gasteiger partial charge on any atom is -0.459 e. The van der Waals surface area contributed by atoms with Gasteiger partial charge in [0.1, 0.15) is 11.9 Å². The molecular weight excluding hydrogens is 338 g/mol. The first-order valence-electron chi connectivity index (χ1n) is 10.1. The summed E-state index contributed by atoms with van der Waals surface area (Å²) in [6, 6.07) is 8.18. The van der Waals surface area contributed by atoms with Crippen molar-refractivity contribution in [3.63, 3.8) is 0 Å². The molecule has 2 atom stereocenters. The average Bonchev–Trinajstić information content (AvgIpc) is 3.14. The highest BCUT2D eigenvalue weighted by Gasteiger charge is 2.44. The van der Waals surface area contributed by atoms with Gasteiger partial charge in [-0.1, -0.05) is 29.8 Å². The van der Waals surface area contributed by atoms with Crippen molar-refractivity contribution in [3.05, 3.63) is 46.7 Å². The van der Waals surface area contributed by atoms with Gasteiger partial charge < -0.3 is 4.74 Å². The molecule has 2 saturated carbocycles. The zero-order valence-electron chi connectivity index (χ0n) is 16.2. The molecule has 0 saturated heterocycles. The fourth-order valence-electron chi connectivity index (χ4n) is 4.74. The van der Waals surface area contributed by atoms with E-state index in [0.29, 0.717) is 17.7 Å². The number of fused-ring (bicyclic) bond motifs is 1. The van der Waals surface area contributed by atoms with E-state index < -0.39 is 0 Å². The summed E-state index contributed by atoms with van der Waals surface area (Å²) in [6.07, 6.45) is 6.35. The molecular formula is C23H27NO3. The fourth-order valence-corrected chi connectivity index (χ4v) is 4.74. The maximum Gasteiger partial charge on any atom is 0.336 e. The van der Waals surface area contributed by atoms with Crippen LogP contribution in [0.25, 0.3) is 0 Å². The average molecular weight is 365 g/mol. The molecule has 0 aromatic heterocycles. The lowest BCUT2D eigenvalue weighted by Crippen LogP contribution is -2.39. The summed E-state index contributed by atoms with van der Waals surface area (Å²) in [6.45, 7) is 3.92. The number of ketones is 1. The van der Waals surface area contributed by atoms with Crippen LogP contribution in [0.3, 0.4) is 0 Å². The van der Waals surface area contributed by atoms with Crippen molar-refractivity contribution in [1.29, 1.82) is 0 Å². The van der Waals surface area contributed by atoms with E-state index in [1.807, 2.05) is 38.1 Å². The Hall–Kier alpha value is -2.23. The lowest BCUT2D eigenvalue weighted by Gasteiger charge is -2.36. The number of Topliss-reactive ketones (excluding diaryl/α,β-unsaturated/α-hetero) is 1. The highest BCUT2D eigenvalue weighted by molar-refractivity contribution is 6.11. The van der Waals surface area contributed by atoms with Crippen molar-refractivity contribution >= 4 is 17.5 Å². The Morgan fingerprint density at radius 2 is 1.70 bits per heavy atom. The highest BCUT2D eigenvalue weighted by atomic mass is 16.5. The third kappa shape index (κ3) is 3.50. The molecule has 0 radical (unpaired) electrons. The molecule has 1 aromatic carbocycles. The number of allylic oxidation sites excluding steroid dienone is 1. The molecule has 3 aliphatic rings. The Balaban J connectivity index is 1.75. The van der Waals surface area contributed by atoms with E-state index in [-0.39, 0.29) is 29.7 Å². The normalized spacial score (nSPS) is 26.0. The predicted molar refractivity (Wildman–Crippen MR) is 105 cm³/mol. The first-order chi connectivity index (χ1) is 13.0. The van der Waals surface area contributed by atoms with Crippen LogP contribution in [-0.2, 0) is 14.3 Å². The first kappa shape index (κ1) is 18.1.